The van der Waals surface area contributed by atoms with Gasteiger partial charge in [0.1, 0.15) is 7.11 Å². The minimum atomic E-state index is -0.185. The van der Waals surface area contributed by atoms with Crippen molar-refractivity contribution in [1.82, 2.24) is 9.71 Å². The summed E-state index contributed by atoms with van der Waals surface area (Å²) in [6.45, 7) is 4.20. The van der Waals surface area contributed by atoms with E-state index in [1.54, 1.807) is 0 Å². The average molecular weight is 308 g/mol. The van der Waals surface area contributed by atoms with Crippen molar-refractivity contribution in [2.75, 3.05) is 7.11 Å². The van der Waals surface area contributed by atoms with Crippen molar-refractivity contribution in [2.24, 2.45) is 0 Å². The van der Waals surface area contributed by atoms with Crippen molar-refractivity contribution >= 4 is 10.9 Å². The van der Waals surface area contributed by atoms with Gasteiger partial charge in [0.2, 0.25) is 0 Å². The van der Waals surface area contributed by atoms with Crippen LogP contribution in [0.4, 0.5) is 0 Å². The summed E-state index contributed by atoms with van der Waals surface area (Å²) in [5.41, 5.74) is 3.79. The summed E-state index contributed by atoms with van der Waals surface area (Å²) >= 11 is 0. The van der Waals surface area contributed by atoms with Gasteiger partial charge in [0, 0.05) is 5.56 Å². The molecule has 23 heavy (non-hydrogen) atoms. The van der Waals surface area contributed by atoms with Crippen molar-refractivity contribution in [3.05, 3.63) is 63.9 Å². The first-order valence-corrected chi connectivity index (χ1v) is 7.87. The van der Waals surface area contributed by atoms with Gasteiger partial charge in [-0.05, 0) is 36.1 Å². The minimum absolute atomic E-state index is 0.185. The van der Waals surface area contributed by atoms with Crippen LogP contribution in [0, 0.1) is 0 Å². The summed E-state index contributed by atoms with van der Waals surface area (Å²) in [7, 11) is 1.49. The number of hydrogen-bond donors (Lipinski definition) is 0. The first kappa shape index (κ1) is 15.3. The number of fused-ring (bicyclic) bond motifs is 1. The lowest BCUT2D eigenvalue weighted by Crippen LogP contribution is -2.27. The van der Waals surface area contributed by atoms with Gasteiger partial charge in [-0.3, -0.25) is 4.79 Å². The predicted molar refractivity (Wildman–Crippen MR) is 92.7 cm³/mol. The van der Waals surface area contributed by atoms with E-state index >= 15 is 0 Å². The second kappa shape index (κ2) is 6.24. The van der Waals surface area contributed by atoms with Gasteiger partial charge in [-0.1, -0.05) is 44.2 Å². The smallest absolute Gasteiger partial charge is 0.294 e. The van der Waals surface area contributed by atoms with Gasteiger partial charge in [-0.25, -0.2) is 4.98 Å². The number of aryl methyl sites for hydroxylation is 2. The molecule has 0 fully saturated rings. The van der Waals surface area contributed by atoms with Crippen LogP contribution in [0.15, 0.2) is 47.3 Å². The monoisotopic (exact) mass is 308 g/mol. The van der Waals surface area contributed by atoms with Crippen LogP contribution in [-0.4, -0.2) is 16.8 Å². The Kier molecular flexibility index (Phi) is 4.15. The van der Waals surface area contributed by atoms with E-state index < -0.39 is 0 Å². The lowest BCUT2D eigenvalue weighted by Gasteiger charge is -2.12. The van der Waals surface area contributed by atoms with Crippen molar-refractivity contribution in [3.8, 4) is 11.4 Å². The zero-order valence-electron chi connectivity index (χ0n) is 13.7. The molecule has 0 amide bonds. The number of rotatable bonds is 4. The van der Waals surface area contributed by atoms with Crippen LogP contribution in [0.5, 0.6) is 0 Å². The highest BCUT2D eigenvalue weighted by molar-refractivity contribution is 5.80. The Morgan fingerprint density at radius 3 is 2.26 bits per heavy atom. The van der Waals surface area contributed by atoms with Gasteiger partial charge in [0.15, 0.2) is 5.82 Å². The molecule has 4 heteroatoms. The van der Waals surface area contributed by atoms with Crippen LogP contribution in [0.3, 0.4) is 0 Å². The molecule has 0 saturated heterocycles. The van der Waals surface area contributed by atoms with Crippen LogP contribution < -0.4 is 10.4 Å². The SMILES string of the molecule is CCc1ccc(-c2nc3cc(CC)ccc3c(=O)n2OC)cc1. The van der Waals surface area contributed by atoms with Crippen molar-refractivity contribution in [3.63, 3.8) is 0 Å². The Morgan fingerprint density at radius 2 is 1.65 bits per heavy atom. The Morgan fingerprint density at radius 1 is 1.00 bits per heavy atom. The molecule has 3 rings (SSSR count). The highest BCUT2D eigenvalue weighted by Crippen LogP contribution is 2.20. The van der Waals surface area contributed by atoms with Crippen LogP contribution in [0.1, 0.15) is 25.0 Å². The predicted octanol–water partition coefficient (Wildman–Crippen LogP) is 3.25. The summed E-state index contributed by atoms with van der Waals surface area (Å²) in [6, 6.07) is 13.8. The molecule has 0 aliphatic rings. The Labute approximate surface area is 135 Å². The molecule has 0 saturated carbocycles. The highest BCUT2D eigenvalue weighted by atomic mass is 16.7. The molecule has 2 aromatic carbocycles. The summed E-state index contributed by atoms with van der Waals surface area (Å²) < 4.78 is 1.26. The molecule has 1 heterocycles. The topological polar surface area (TPSA) is 44.1 Å². The lowest BCUT2D eigenvalue weighted by atomic mass is 10.1. The van der Waals surface area contributed by atoms with Gasteiger partial charge in [-0.15, -0.1) is 4.73 Å². The Bertz CT molecular complexity index is 896. The Hall–Kier alpha value is -2.62. The zero-order valence-corrected chi connectivity index (χ0v) is 13.7. The van der Waals surface area contributed by atoms with Crippen LogP contribution in [-0.2, 0) is 12.8 Å². The van der Waals surface area contributed by atoms with Crippen LogP contribution in [0.25, 0.3) is 22.3 Å². The van der Waals surface area contributed by atoms with Gasteiger partial charge in [0.25, 0.3) is 5.56 Å². The summed E-state index contributed by atoms with van der Waals surface area (Å²) in [5, 5.41) is 0.568. The fourth-order valence-corrected chi connectivity index (χ4v) is 2.68. The lowest BCUT2D eigenvalue weighted by molar-refractivity contribution is 0.160. The molecule has 0 aliphatic carbocycles. The third-order valence-corrected chi connectivity index (χ3v) is 4.11. The van der Waals surface area contributed by atoms with E-state index in [4.69, 9.17) is 4.84 Å². The standard InChI is InChI=1S/C19H20N2O2/c1-4-13-6-9-15(10-7-13)18-20-17-12-14(5-2)8-11-16(17)19(22)21(18)23-3/h6-12H,4-5H2,1-3H3. The molecule has 0 atom stereocenters. The number of hydrogen-bond acceptors (Lipinski definition) is 3. The number of aromatic nitrogens is 2. The highest BCUT2D eigenvalue weighted by Gasteiger charge is 2.13. The molecule has 118 valence electrons. The third kappa shape index (κ3) is 2.72. The molecule has 0 aliphatic heterocycles. The van der Waals surface area contributed by atoms with Gasteiger partial charge in [0.05, 0.1) is 10.9 Å². The fourth-order valence-electron chi connectivity index (χ4n) is 2.68. The largest absolute Gasteiger partial charge is 0.412 e. The second-order valence-corrected chi connectivity index (χ2v) is 5.47. The number of nitrogens with zero attached hydrogens (tertiary/aromatic N) is 2. The summed E-state index contributed by atoms with van der Waals surface area (Å²) in [4.78, 5) is 22.6. The van der Waals surface area contributed by atoms with E-state index in [1.807, 2.05) is 42.5 Å². The van der Waals surface area contributed by atoms with Crippen molar-refractivity contribution < 1.29 is 4.84 Å². The molecular formula is C19H20N2O2. The maximum Gasteiger partial charge on any atom is 0.294 e. The summed E-state index contributed by atoms with van der Waals surface area (Å²) in [6.07, 6.45) is 1.88. The van der Waals surface area contributed by atoms with Crippen molar-refractivity contribution in [2.45, 2.75) is 26.7 Å². The quantitative estimate of drug-likeness (QED) is 0.743. The maximum atomic E-state index is 12.7. The maximum absolute atomic E-state index is 12.7. The van der Waals surface area contributed by atoms with Gasteiger partial charge in [-0.2, -0.15) is 0 Å². The molecule has 0 spiro atoms. The third-order valence-electron chi connectivity index (χ3n) is 4.11. The first-order valence-electron chi connectivity index (χ1n) is 7.87. The summed E-state index contributed by atoms with van der Waals surface area (Å²) in [5.74, 6) is 0.529. The Balaban J connectivity index is 2.27. The molecule has 0 unspecified atom stereocenters. The molecule has 0 N–H and O–H groups in total. The van der Waals surface area contributed by atoms with Gasteiger partial charge >= 0.3 is 0 Å². The van der Waals surface area contributed by atoms with Crippen LogP contribution in [0.2, 0.25) is 0 Å². The van der Waals surface area contributed by atoms with E-state index in [0.29, 0.717) is 16.7 Å². The number of benzene rings is 2. The van der Waals surface area contributed by atoms with E-state index in [0.717, 1.165) is 24.0 Å². The minimum Gasteiger partial charge on any atom is -0.412 e. The second-order valence-electron chi connectivity index (χ2n) is 5.47. The average Bonchev–Trinajstić information content (AvgIpc) is 2.61. The normalized spacial score (nSPS) is 10.9. The van der Waals surface area contributed by atoms with E-state index in [9.17, 15) is 4.79 Å². The van der Waals surface area contributed by atoms with Gasteiger partial charge < -0.3 is 4.84 Å². The van der Waals surface area contributed by atoms with E-state index in [-0.39, 0.29) is 5.56 Å². The van der Waals surface area contributed by atoms with Crippen molar-refractivity contribution in [1.29, 1.82) is 0 Å². The first-order chi connectivity index (χ1) is 11.2. The molecule has 0 bridgehead atoms. The zero-order chi connectivity index (χ0) is 16.4. The van der Waals surface area contributed by atoms with E-state index in [2.05, 4.69) is 18.8 Å². The van der Waals surface area contributed by atoms with Crippen LogP contribution >= 0.6 is 0 Å². The van der Waals surface area contributed by atoms with E-state index in [1.165, 1.54) is 17.4 Å². The molecule has 1 aromatic heterocycles. The molecule has 4 nitrogen and oxygen atoms in total. The molecular weight excluding hydrogens is 288 g/mol. The fraction of sp³-hybridized carbons (Fsp3) is 0.263. The molecule has 0 radical (unpaired) electrons. The molecule has 3 aromatic rings.